The molecule has 148 valence electrons. The van der Waals surface area contributed by atoms with Gasteiger partial charge in [-0.2, -0.15) is 0 Å². The lowest BCUT2D eigenvalue weighted by atomic mass is 9.92. The molecule has 7 nitrogen and oxygen atoms in total. The van der Waals surface area contributed by atoms with Gasteiger partial charge in [0.1, 0.15) is 0 Å². The van der Waals surface area contributed by atoms with Gasteiger partial charge in [0.25, 0.3) is 5.56 Å². The van der Waals surface area contributed by atoms with Crippen molar-refractivity contribution >= 4 is 27.0 Å². The second-order valence-electron chi connectivity index (χ2n) is 7.52. The maximum Gasteiger partial charge on any atom is 0.260 e. The van der Waals surface area contributed by atoms with Crippen LogP contribution in [-0.2, 0) is 21.7 Å². The van der Waals surface area contributed by atoms with Crippen molar-refractivity contribution < 1.29 is 13.2 Å². The molecule has 0 radical (unpaired) electrons. The number of sulfone groups is 1. The first-order chi connectivity index (χ1) is 13.2. The van der Waals surface area contributed by atoms with Gasteiger partial charge in [-0.15, -0.1) is 0 Å². The Morgan fingerprint density at radius 3 is 2.79 bits per heavy atom. The van der Waals surface area contributed by atoms with Gasteiger partial charge >= 0.3 is 0 Å². The number of carbonyl (C=O) groups is 1. The lowest BCUT2D eigenvalue weighted by Gasteiger charge is -2.31. The standard InChI is InChI=1S/C20H23N3O4S/c1-4-16(24)23-10-12-9-13(11-28(3,26)27)14-6-8-22(2)20(25)18(14)19-17(12)15(23)5-7-21-19/h6,8-10,15,21H,4-5,7,11H2,1-3H3. The second kappa shape index (κ2) is 6.48. The van der Waals surface area contributed by atoms with Gasteiger partial charge in [0.05, 0.1) is 23.1 Å². The second-order valence-corrected chi connectivity index (χ2v) is 9.66. The molecule has 0 bridgehead atoms. The van der Waals surface area contributed by atoms with Crippen LogP contribution < -0.4 is 10.9 Å². The van der Waals surface area contributed by atoms with Crippen molar-refractivity contribution in [2.24, 2.45) is 7.05 Å². The Morgan fingerprint density at radius 2 is 2.11 bits per heavy atom. The Kier molecular flexibility index (Phi) is 4.33. The van der Waals surface area contributed by atoms with Crippen molar-refractivity contribution in [2.45, 2.75) is 25.8 Å². The average Bonchev–Trinajstić information content (AvgIpc) is 2.94. The van der Waals surface area contributed by atoms with Gasteiger partial charge in [0.2, 0.25) is 5.91 Å². The summed E-state index contributed by atoms with van der Waals surface area (Å²) in [5.74, 6) is -0.157. The minimum absolute atomic E-state index is 0.0126. The fraction of sp³-hybridized carbons (Fsp3) is 0.400. The molecule has 4 rings (SSSR count). The molecule has 1 amide bonds. The van der Waals surface area contributed by atoms with Gasteiger partial charge in [-0.1, -0.05) is 6.92 Å². The van der Waals surface area contributed by atoms with E-state index in [-0.39, 0.29) is 23.3 Å². The number of pyridine rings is 1. The largest absolute Gasteiger partial charge is 0.384 e. The molecule has 0 spiro atoms. The molecule has 1 atom stereocenters. The first-order valence-corrected chi connectivity index (χ1v) is 11.4. The van der Waals surface area contributed by atoms with Crippen LogP contribution >= 0.6 is 0 Å². The summed E-state index contributed by atoms with van der Waals surface area (Å²) in [6, 6.07) is 1.66. The van der Waals surface area contributed by atoms with Crippen LogP contribution in [-0.4, -0.2) is 48.4 Å². The molecule has 2 aliphatic heterocycles. The molecule has 1 aromatic heterocycles. The summed E-state index contributed by atoms with van der Waals surface area (Å²) in [7, 11) is -1.64. The lowest BCUT2D eigenvalue weighted by Crippen LogP contribution is -2.40. The number of carbonyl (C=O) groups excluding carboxylic acids is 1. The monoisotopic (exact) mass is 401 g/mol. The zero-order valence-electron chi connectivity index (χ0n) is 16.2. The van der Waals surface area contributed by atoms with Crippen molar-refractivity contribution in [3.63, 3.8) is 0 Å². The molecule has 8 heteroatoms. The Hall–Kier alpha value is -2.61. The van der Waals surface area contributed by atoms with E-state index in [1.165, 1.54) is 10.8 Å². The molecule has 3 heterocycles. The maximum absolute atomic E-state index is 13.0. The fourth-order valence-electron chi connectivity index (χ4n) is 4.24. The number of rotatable bonds is 3. The number of hydrogen-bond donors (Lipinski definition) is 1. The zero-order chi connectivity index (χ0) is 20.2. The van der Waals surface area contributed by atoms with Crippen molar-refractivity contribution in [2.75, 3.05) is 18.6 Å². The number of allylic oxidation sites excluding steroid dienone is 1. The maximum atomic E-state index is 13.0. The van der Waals surface area contributed by atoms with Crippen LogP contribution in [0.5, 0.6) is 0 Å². The Bertz CT molecular complexity index is 1140. The number of amides is 1. The van der Waals surface area contributed by atoms with Crippen LogP contribution in [0.3, 0.4) is 0 Å². The van der Waals surface area contributed by atoms with Gasteiger partial charge in [-0.05, 0) is 35.3 Å². The number of hydrogen-bond acceptors (Lipinski definition) is 5. The highest BCUT2D eigenvalue weighted by atomic mass is 32.2. The molecule has 0 fully saturated rings. The highest BCUT2D eigenvalue weighted by molar-refractivity contribution is 7.91. The first-order valence-electron chi connectivity index (χ1n) is 9.31. The van der Waals surface area contributed by atoms with Crippen LogP contribution in [0, 0.1) is 0 Å². The van der Waals surface area contributed by atoms with E-state index in [4.69, 9.17) is 0 Å². The quantitative estimate of drug-likeness (QED) is 0.818. The van der Waals surface area contributed by atoms with Gasteiger partial charge in [0, 0.05) is 44.2 Å². The van der Waals surface area contributed by atoms with Gasteiger partial charge in [0.15, 0.2) is 9.84 Å². The molecule has 0 saturated heterocycles. The van der Waals surface area contributed by atoms with E-state index in [9.17, 15) is 18.0 Å². The van der Waals surface area contributed by atoms with Crippen molar-refractivity contribution in [1.82, 2.24) is 14.8 Å². The van der Waals surface area contributed by atoms with Gasteiger partial charge in [-0.3, -0.25) is 9.59 Å². The van der Waals surface area contributed by atoms with Crippen molar-refractivity contribution in [3.05, 3.63) is 57.2 Å². The molecular formula is C20H23N3O4S. The van der Waals surface area contributed by atoms with E-state index < -0.39 is 9.84 Å². The molecule has 28 heavy (non-hydrogen) atoms. The summed E-state index contributed by atoms with van der Waals surface area (Å²) in [6.45, 7) is 2.46. The molecule has 1 unspecified atom stereocenters. The minimum atomic E-state index is -3.31. The number of nitrogens with zero attached hydrogens (tertiary/aromatic N) is 2. The summed E-state index contributed by atoms with van der Waals surface area (Å²) in [5.41, 5.74) is 3.91. The van der Waals surface area contributed by atoms with Gasteiger partial charge < -0.3 is 14.8 Å². The summed E-state index contributed by atoms with van der Waals surface area (Å²) < 4.78 is 25.6. The highest BCUT2D eigenvalue weighted by Gasteiger charge is 2.39. The number of nitrogens with one attached hydrogen (secondary N) is 1. The summed E-state index contributed by atoms with van der Waals surface area (Å²) in [6.07, 6.45) is 7.59. The van der Waals surface area contributed by atoms with Crippen LogP contribution in [0.1, 0.15) is 30.9 Å². The third-order valence-corrected chi connectivity index (χ3v) is 6.28. The molecule has 1 aliphatic carbocycles. The van der Waals surface area contributed by atoms with Crippen LogP contribution in [0.4, 0.5) is 0 Å². The SMILES string of the molecule is CCC(=O)N1C=C2C=C(CS(C)(=O)=O)c3ccn(C)c(=O)c3C3=C2C1CCN3. The molecular weight excluding hydrogens is 378 g/mol. The third-order valence-electron chi connectivity index (χ3n) is 5.45. The predicted molar refractivity (Wildman–Crippen MR) is 108 cm³/mol. The van der Waals surface area contributed by atoms with E-state index in [2.05, 4.69) is 5.32 Å². The lowest BCUT2D eigenvalue weighted by molar-refractivity contribution is -0.129. The summed E-state index contributed by atoms with van der Waals surface area (Å²) in [4.78, 5) is 27.3. The van der Waals surface area contributed by atoms with E-state index >= 15 is 0 Å². The first kappa shape index (κ1) is 18.7. The number of aromatic nitrogens is 1. The third kappa shape index (κ3) is 2.92. The Labute approximate surface area is 164 Å². The highest BCUT2D eigenvalue weighted by Crippen LogP contribution is 2.42. The van der Waals surface area contributed by atoms with Gasteiger partial charge in [-0.25, -0.2) is 8.42 Å². The van der Waals surface area contributed by atoms with Crippen LogP contribution in [0.25, 0.3) is 11.3 Å². The van der Waals surface area contributed by atoms with Crippen molar-refractivity contribution in [1.29, 1.82) is 0 Å². The van der Waals surface area contributed by atoms with E-state index in [1.807, 2.05) is 13.0 Å². The normalized spacial score (nSPS) is 20.7. The fourth-order valence-corrected chi connectivity index (χ4v) is 5.04. The summed E-state index contributed by atoms with van der Waals surface area (Å²) in [5, 5.41) is 3.35. The zero-order valence-corrected chi connectivity index (χ0v) is 17.0. The number of fused-ring (bicyclic) bond motifs is 2. The molecule has 0 saturated carbocycles. The molecule has 1 N–H and O–H groups in total. The van der Waals surface area contributed by atoms with E-state index in [0.29, 0.717) is 35.4 Å². The minimum Gasteiger partial charge on any atom is -0.384 e. The van der Waals surface area contributed by atoms with Crippen LogP contribution in [0.2, 0.25) is 0 Å². The smallest absolute Gasteiger partial charge is 0.260 e. The predicted octanol–water partition coefficient (Wildman–Crippen LogP) is 1.04. The average molecular weight is 401 g/mol. The Balaban J connectivity index is 2.03. The molecule has 3 aliphatic rings. The van der Waals surface area contributed by atoms with E-state index in [1.54, 1.807) is 30.4 Å². The van der Waals surface area contributed by atoms with Crippen molar-refractivity contribution in [3.8, 4) is 0 Å². The number of aryl methyl sites for hydroxylation is 1. The molecule has 1 aromatic rings. The summed E-state index contributed by atoms with van der Waals surface area (Å²) >= 11 is 0. The topological polar surface area (TPSA) is 88.5 Å². The Morgan fingerprint density at radius 1 is 1.36 bits per heavy atom. The van der Waals surface area contributed by atoms with Crippen LogP contribution in [0.15, 0.2) is 40.5 Å². The molecule has 0 aromatic carbocycles. The van der Waals surface area contributed by atoms with E-state index in [0.717, 1.165) is 17.6 Å².